The van der Waals surface area contributed by atoms with Crippen LogP contribution in [-0.4, -0.2) is 21.9 Å². The van der Waals surface area contributed by atoms with Crippen molar-refractivity contribution in [1.82, 2.24) is 4.68 Å². The van der Waals surface area contributed by atoms with Crippen molar-refractivity contribution in [1.29, 1.82) is 0 Å². The molecule has 2 heterocycles. The summed E-state index contributed by atoms with van der Waals surface area (Å²) in [6.07, 6.45) is 1.38. The predicted molar refractivity (Wildman–Crippen MR) is 96.8 cm³/mol. The molecule has 2 aromatic heterocycles. The van der Waals surface area contributed by atoms with Crippen LogP contribution < -0.4 is 4.80 Å². The van der Waals surface area contributed by atoms with Crippen LogP contribution in [-0.2, 0) is 0 Å². The Morgan fingerprint density at radius 2 is 2.00 bits per heavy atom. The van der Waals surface area contributed by atoms with E-state index in [1.807, 2.05) is 19.2 Å². The van der Waals surface area contributed by atoms with E-state index in [2.05, 4.69) is 10.1 Å². The topological polar surface area (TPSA) is 85.9 Å². The minimum absolute atomic E-state index is 0.0564. The molecule has 1 aromatic carbocycles. The van der Waals surface area contributed by atoms with Crippen LogP contribution in [0.25, 0.3) is 11.3 Å². The summed E-state index contributed by atoms with van der Waals surface area (Å²) in [5, 5.41) is 16.9. The van der Waals surface area contributed by atoms with Crippen LogP contribution in [0.4, 0.5) is 10.3 Å². The van der Waals surface area contributed by atoms with E-state index in [1.54, 1.807) is 16.8 Å². The fourth-order valence-corrected chi connectivity index (χ4v) is 3.13. The highest BCUT2D eigenvalue weighted by Gasteiger charge is 2.11. The number of thiazole rings is 1. The summed E-state index contributed by atoms with van der Waals surface area (Å²) < 4.78 is 19.9. The van der Waals surface area contributed by atoms with Crippen LogP contribution in [0.15, 0.2) is 56.3 Å². The number of hydrogen-bond acceptors (Lipinski definition) is 6. The van der Waals surface area contributed by atoms with Gasteiger partial charge in [-0.05, 0) is 44.2 Å². The predicted octanol–water partition coefficient (Wildman–Crippen LogP) is 4.05. The van der Waals surface area contributed by atoms with Gasteiger partial charge in [-0.2, -0.15) is 5.10 Å². The van der Waals surface area contributed by atoms with Gasteiger partial charge in [0.15, 0.2) is 5.76 Å². The third-order valence-corrected chi connectivity index (χ3v) is 4.12. The molecule has 7 nitrogen and oxygen atoms in total. The third kappa shape index (κ3) is 3.94. The first kappa shape index (κ1) is 17.7. The van der Waals surface area contributed by atoms with Crippen molar-refractivity contribution in [2.45, 2.75) is 19.9 Å². The second-order valence-corrected chi connectivity index (χ2v) is 6.46. The zero-order valence-corrected chi connectivity index (χ0v) is 14.8. The van der Waals surface area contributed by atoms with Crippen LogP contribution in [0, 0.1) is 15.9 Å². The van der Waals surface area contributed by atoms with Crippen molar-refractivity contribution in [3.05, 3.63) is 68.3 Å². The van der Waals surface area contributed by atoms with Gasteiger partial charge in [0.05, 0.1) is 18.0 Å². The van der Waals surface area contributed by atoms with E-state index in [4.69, 9.17) is 4.42 Å². The lowest BCUT2D eigenvalue weighted by Gasteiger charge is -2.03. The summed E-state index contributed by atoms with van der Waals surface area (Å²) in [5.41, 5.74) is 1.50. The van der Waals surface area contributed by atoms with Crippen molar-refractivity contribution >= 4 is 23.4 Å². The van der Waals surface area contributed by atoms with E-state index in [1.165, 1.54) is 41.8 Å². The van der Waals surface area contributed by atoms with Crippen LogP contribution in [0.2, 0.25) is 0 Å². The Labute approximate surface area is 151 Å². The highest BCUT2D eigenvalue weighted by molar-refractivity contribution is 7.07. The molecular formula is C17H15FN4O3S. The first-order valence-electron chi connectivity index (χ1n) is 7.73. The normalized spacial score (nSPS) is 12.4. The molecule has 9 heteroatoms. The molecule has 3 aromatic rings. The Morgan fingerprint density at radius 1 is 1.27 bits per heavy atom. The van der Waals surface area contributed by atoms with Crippen molar-refractivity contribution in [2.75, 3.05) is 0 Å². The van der Waals surface area contributed by atoms with Gasteiger partial charge < -0.3 is 4.42 Å². The quantitative estimate of drug-likeness (QED) is 0.383. The maximum Gasteiger partial charge on any atom is 0.433 e. The second-order valence-electron chi connectivity index (χ2n) is 5.62. The Bertz CT molecular complexity index is 1020. The van der Waals surface area contributed by atoms with Gasteiger partial charge in [-0.3, -0.25) is 15.1 Å². The highest BCUT2D eigenvalue weighted by atomic mass is 32.1. The van der Waals surface area contributed by atoms with Crippen LogP contribution in [0.5, 0.6) is 0 Å². The molecule has 0 N–H and O–H groups in total. The number of furan rings is 1. The number of benzene rings is 1. The van der Waals surface area contributed by atoms with E-state index in [9.17, 15) is 14.5 Å². The largest absolute Gasteiger partial charge is 0.433 e. The summed E-state index contributed by atoms with van der Waals surface area (Å²) >= 11 is 1.40. The number of aromatic nitrogens is 1. The van der Waals surface area contributed by atoms with Crippen molar-refractivity contribution in [3.8, 4) is 11.3 Å². The number of nitro groups is 1. The van der Waals surface area contributed by atoms with Gasteiger partial charge in [-0.15, -0.1) is 11.3 Å². The van der Waals surface area contributed by atoms with Crippen molar-refractivity contribution in [2.24, 2.45) is 10.1 Å². The Balaban J connectivity index is 2.05. The Kier molecular flexibility index (Phi) is 5.08. The standard InChI is InChI=1S/C17H15FN4O3S/c1-11(2)20-17-21(19-9-14-7-8-16(25-14)22(23)24)15(10-26-17)12-3-5-13(18)6-4-12/h3-11H,1-2H3. The van der Waals surface area contributed by atoms with Crippen LogP contribution >= 0.6 is 11.3 Å². The molecule has 0 aliphatic carbocycles. The number of rotatable bonds is 5. The van der Waals surface area contributed by atoms with Gasteiger partial charge >= 0.3 is 5.88 Å². The second kappa shape index (κ2) is 7.44. The molecule has 0 saturated carbocycles. The number of halogens is 1. The fraction of sp³-hybridized carbons (Fsp3) is 0.176. The van der Waals surface area contributed by atoms with Crippen molar-refractivity contribution in [3.63, 3.8) is 0 Å². The van der Waals surface area contributed by atoms with E-state index in [-0.39, 0.29) is 23.5 Å². The Hall–Kier alpha value is -3.07. The SMILES string of the molecule is CC(C)N=c1scc(-c2ccc(F)cc2)n1N=Cc1ccc([N+](=O)[O-])o1. The maximum absolute atomic E-state index is 13.2. The van der Waals surface area contributed by atoms with Gasteiger partial charge in [0.2, 0.25) is 4.80 Å². The first-order valence-corrected chi connectivity index (χ1v) is 8.61. The average Bonchev–Trinajstić information content (AvgIpc) is 3.20. The van der Waals surface area contributed by atoms with E-state index in [0.717, 1.165) is 11.3 Å². The van der Waals surface area contributed by atoms with E-state index < -0.39 is 4.92 Å². The summed E-state index contributed by atoms with van der Waals surface area (Å²) in [6.45, 7) is 3.89. The molecule has 3 rings (SSSR count). The maximum atomic E-state index is 13.2. The molecule has 26 heavy (non-hydrogen) atoms. The minimum atomic E-state index is -0.613. The highest BCUT2D eigenvalue weighted by Crippen LogP contribution is 2.21. The number of nitrogens with zero attached hydrogens (tertiary/aromatic N) is 4. The smallest absolute Gasteiger partial charge is 0.400 e. The van der Waals surface area contributed by atoms with E-state index in [0.29, 0.717) is 4.80 Å². The first-order chi connectivity index (χ1) is 12.4. The van der Waals surface area contributed by atoms with Crippen LogP contribution in [0.1, 0.15) is 19.6 Å². The molecule has 0 unspecified atom stereocenters. The monoisotopic (exact) mass is 374 g/mol. The molecular weight excluding hydrogens is 359 g/mol. The summed E-state index contributed by atoms with van der Waals surface area (Å²) in [4.78, 5) is 15.3. The third-order valence-electron chi connectivity index (χ3n) is 3.29. The molecule has 0 aliphatic rings. The molecule has 0 atom stereocenters. The van der Waals surface area contributed by atoms with Gasteiger partial charge in [0.1, 0.15) is 10.7 Å². The lowest BCUT2D eigenvalue weighted by Crippen LogP contribution is -2.14. The Morgan fingerprint density at radius 3 is 2.62 bits per heavy atom. The lowest BCUT2D eigenvalue weighted by atomic mass is 10.2. The molecule has 0 saturated heterocycles. The van der Waals surface area contributed by atoms with E-state index >= 15 is 0 Å². The molecule has 0 aliphatic heterocycles. The molecule has 0 radical (unpaired) electrons. The van der Waals surface area contributed by atoms with Gasteiger partial charge in [0, 0.05) is 17.0 Å². The number of hydrogen-bond donors (Lipinski definition) is 0. The minimum Gasteiger partial charge on any atom is -0.400 e. The molecule has 0 fully saturated rings. The lowest BCUT2D eigenvalue weighted by molar-refractivity contribution is -0.402. The molecule has 0 amide bonds. The van der Waals surface area contributed by atoms with Gasteiger partial charge in [-0.25, -0.2) is 9.07 Å². The summed E-state index contributed by atoms with van der Waals surface area (Å²) in [5.74, 6) is -0.433. The molecule has 134 valence electrons. The fourth-order valence-electron chi connectivity index (χ4n) is 2.16. The average molecular weight is 374 g/mol. The zero-order chi connectivity index (χ0) is 18.7. The van der Waals surface area contributed by atoms with Crippen molar-refractivity contribution < 1.29 is 13.7 Å². The molecule has 0 spiro atoms. The zero-order valence-electron chi connectivity index (χ0n) is 14.0. The summed E-state index contributed by atoms with van der Waals surface area (Å²) in [7, 11) is 0. The van der Waals surface area contributed by atoms with Crippen LogP contribution in [0.3, 0.4) is 0 Å². The molecule has 0 bridgehead atoms. The summed E-state index contributed by atoms with van der Waals surface area (Å²) in [6, 6.07) is 8.83. The van der Waals surface area contributed by atoms with Gasteiger partial charge in [0.25, 0.3) is 0 Å². The van der Waals surface area contributed by atoms with Gasteiger partial charge in [-0.1, -0.05) is 0 Å².